The molecule has 1 fully saturated rings. The van der Waals surface area contributed by atoms with Gasteiger partial charge in [-0.25, -0.2) is 9.59 Å². The number of piperidine rings is 1. The largest absolute Gasteiger partial charge is 0.444 e. The molecule has 0 saturated carbocycles. The second kappa shape index (κ2) is 12.6. The van der Waals surface area contributed by atoms with Crippen molar-refractivity contribution in [3.8, 4) is 0 Å². The molecule has 1 heterocycles. The fourth-order valence-corrected chi connectivity index (χ4v) is 4.06. The van der Waals surface area contributed by atoms with Gasteiger partial charge in [-0.3, -0.25) is 4.79 Å². The Kier molecular flexibility index (Phi) is 9.58. The number of hydrogen-bond acceptors (Lipinski definition) is 4. The van der Waals surface area contributed by atoms with Gasteiger partial charge in [0.25, 0.3) is 0 Å². The van der Waals surface area contributed by atoms with Crippen LogP contribution in [0.2, 0.25) is 5.02 Å². The molecular weight excluding hydrogens is 480 g/mol. The minimum atomic E-state index is -0.749. The molecule has 0 spiro atoms. The average Bonchev–Trinajstić information content (AvgIpc) is 2.83. The van der Waals surface area contributed by atoms with E-state index in [0.29, 0.717) is 36.8 Å². The molecule has 2 aromatic rings. The third-order valence-electron chi connectivity index (χ3n) is 5.84. The number of urea groups is 1. The van der Waals surface area contributed by atoms with Crippen LogP contribution in [0.3, 0.4) is 0 Å². The summed E-state index contributed by atoms with van der Waals surface area (Å²) in [5.74, 6) is -0.00686. The van der Waals surface area contributed by atoms with E-state index in [4.69, 9.17) is 16.3 Å². The lowest BCUT2D eigenvalue weighted by Gasteiger charge is -2.33. The second-order valence-corrected chi connectivity index (χ2v) is 10.4. The highest BCUT2D eigenvalue weighted by molar-refractivity contribution is 6.30. The molecule has 36 heavy (non-hydrogen) atoms. The Hall–Kier alpha value is -3.26. The van der Waals surface area contributed by atoms with Crippen molar-refractivity contribution in [2.24, 2.45) is 5.92 Å². The summed E-state index contributed by atoms with van der Waals surface area (Å²) in [6, 6.07) is 15.1. The Morgan fingerprint density at radius 1 is 1.03 bits per heavy atom. The molecule has 0 aromatic heterocycles. The summed E-state index contributed by atoms with van der Waals surface area (Å²) in [5.41, 5.74) is 0.991. The lowest BCUT2D eigenvalue weighted by atomic mass is 9.96. The molecule has 1 saturated heterocycles. The van der Waals surface area contributed by atoms with E-state index in [1.54, 1.807) is 29.2 Å². The van der Waals surface area contributed by atoms with E-state index in [1.165, 1.54) is 0 Å². The van der Waals surface area contributed by atoms with E-state index in [-0.39, 0.29) is 17.9 Å². The maximum atomic E-state index is 13.1. The summed E-state index contributed by atoms with van der Waals surface area (Å²) in [6.07, 6.45) is 1.60. The summed E-state index contributed by atoms with van der Waals surface area (Å²) in [5, 5.41) is 9.10. The monoisotopic (exact) mass is 514 g/mol. The SMILES string of the molecule is CC(C)(C)OC(=O)N1CCC(CNC(=O)[C@@H](Cc2ccccc2)NC(=O)Nc2ccc(Cl)cc2)CC1. The average molecular weight is 515 g/mol. The number of ether oxygens (including phenoxy) is 1. The highest BCUT2D eigenvalue weighted by Crippen LogP contribution is 2.19. The normalized spacial score (nSPS) is 15.1. The van der Waals surface area contributed by atoms with E-state index in [0.717, 1.165) is 18.4 Å². The molecule has 0 bridgehead atoms. The van der Waals surface area contributed by atoms with Gasteiger partial charge in [-0.15, -0.1) is 0 Å². The van der Waals surface area contributed by atoms with Crippen LogP contribution in [-0.4, -0.2) is 54.2 Å². The smallest absolute Gasteiger partial charge is 0.410 e. The van der Waals surface area contributed by atoms with Crippen LogP contribution in [0.15, 0.2) is 54.6 Å². The second-order valence-electron chi connectivity index (χ2n) is 10.0. The summed E-state index contributed by atoms with van der Waals surface area (Å²) in [4.78, 5) is 39.7. The first-order valence-corrected chi connectivity index (χ1v) is 12.6. The van der Waals surface area contributed by atoms with E-state index in [9.17, 15) is 14.4 Å². The van der Waals surface area contributed by atoms with E-state index < -0.39 is 17.7 Å². The van der Waals surface area contributed by atoms with Gasteiger partial charge in [-0.1, -0.05) is 41.9 Å². The predicted octanol–water partition coefficient (Wildman–Crippen LogP) is 4.84. The highest BCUT2D eigenvalue weighted by Gasteiger charge is 2.28. The standard InChI is InChI=1S/C27H35ClN4O4/c1-27(2,3)36-26(35)32-15-13-20(14-16-32)18-29-24(33)23(17-19-7-5-4-6-8-19)31-25(34)30-22-11-9-21(28)10-12-22/h4-12,20,23H,13-18H2,1-3H3,(H,29,33)(H2,30,31,34)/t23-/m1/s1. The van der Waals surface area contributed by atoms with Crippen molar-refractivity contribution in [3.63, 3.8) is 0 Å². The van der Waals surface area contributed by atoms with Crippen molar-refractivity contribution >= 4 is 35.3 Å². The molecule has 9 heteroatoms. The van der Waals surface area contributed by atoms with Gasteiger partial charge in [0.1, 0.15) is 11.6 Å². The first-order valence-electron chi connectivity index (χ1n) is 12.2. The van der Waals surface area contributed by atoms with Gasteiger partial charge >= 0.3 is 12.1 Å². The number of nitrogens with zero attached hydrogens (tertiary/aromatic N) is 1. The zero-order chi connectivity index (χ0) is 26.1. The summed E-state index contributed by atoms with van der Waals surface area (Å²) < 4.78 is 5.45. The third-order valence-corrected chi connectivity index (χ3v) is 6.09. The van der Waals surface area contributed by atoms with Crippen molar-refractivity contribution in [1.29, 1.82) is 0 Å². The highest BCUT2D eigenvalue weighted by atomic mass is 35.5. The first kappa shape index (κ1) is 27.3. The lowest BCUT2D eigenvalue weighted by molar-refractivity contribution is -0.123. The Balaban J connectivity index is 1.53. The van der Waals surface area contributed by atoms with Crippen LogP contribution in [0.25, 0.3) is 0 Å². The number of carbonyl (C=O) groups excluding carboxylic acids is 3. The molecule has 1 aliphatic heterocycles. The Morgan fingerprint density at radius 2 is 1.67 bits per heavy atom. The van der Waals surface area contributed by atoms with Gasteiger partial charge in [0, 0.05) is 36.8 Å². The van der Waals surface area contributed by atoms with E-state index in [2.05, 4.69) is 16.0 Å². The summed E-state index contributed by atoms with van der Waals surface area (Å²) >= 11 is 5.91. The van der Waals surface area contributed by atoms with Crippen molar-refractivity contribution in [2.45, 2.75) is 51.7 Å². The fraction of sp³-hybridized carbons (Fsp3) is 0.444. The minimum absolute atomic E-state index is 0.243. The molecular formula is C27H35ClN4O4. The number of anilines is 1. The number of rotatable bonds is 7. The number of benzene rings is 2. The van der Waals surface area contributed by atoms with Crippen LogP contribution in [0.5, 0.6) is 0 Å². The topological polar surface area (TPSA) is 99.8 Å². The zero-order valence-corrected chi connectivity index (χ0v) is 21.8. The predicted molar refractivity (Wildman–Crippen MR) is 141 cm³/mol. The maximum absolute atomic E-state index is 13.1. The van der Waals surface area contributed by atoms with Crippen LogP contribution in [-0.2, 0) is 16.0 Å². The lowest BCUT2D eigenvalue weighted by Crippen LogP contribution is -2.51. The van der Waals surface area contributed by atoms with Gasteiger partial charge in [0.2, 0.25) is 5.91 Å². The number of hydrogen-bond donors (Lipinski definition) is 3. The van der Waals surface area contributed by atoms with E-state index >= 15 is 0 Å². The number of likely N-dealkylation sites (tertiary alicyclic amines) is 1. The molecule has 1 aliphatic rings. The summed E-state index contributed by atoms with van der Waals surface area (Å²) in [7, 11) is 0. The third kappa shape index (κ3) is 9.07. The van der Waals surface area contributed by atoms with Gasteiger partial charge in [0.15, 0.2) is 0 Å². The molecule has 1 atom stereocenters. The molecule has 194 valence electrons. The molecule has 4 amide bonds. The van der Waals surface area contributed by atoms with Gasteiger partial charge in [-0.05, 0) is 69.4 Å². The van der Waals surface area contributed by atoms with Crippen molar-refractivity contribution < 1.29 is 19.1 Å². The molecule has 0 aliphatic carbocycles. The quantitative estimate of drug-likeness (QED) is 0.492. The molecule has 0 unspecified atom stereocenters. The number of amides is 4. The number of carbonyl (C=O) groups is 3. The van der Waals surface area contributed by atoms with Crippen LogP contribution >= 0.6 is 11.6 Å². The van der Waals surface area contributed by atoms with Gasteiger partial charge < -0.3 is 25.6 Å². The molecule has 3 rings (SSSR count). The van der Waals surface area contributed by atoms with Crippen LogP contribution in [0.4, 0.5) is 15.3 Å². The molecule has 0 radical (unpaired) electrons. The zero-order valence-electron chi connectivity index (χ0n) is 21.1. The van der Waals surface area contributed by atoms with Crippen LogP contribution < -0.4 is 16.0 Å². The Morgan fingerprint density at radius 3 is 2.28 bits per heavy atom. The Bertz CT molecular complexity index is 1020. The number of nitrogens with one attached hydrogen (secondary N) is 3. The van der Waals surface area contributed by atoms with Crippen molar-refractivity contribution in [2.75, 3.05) is 25.0 Å². The Labute approximate surface area is 217 Å². The molecule has 3 N–H and O–H groups in total. The van der Waals surface area contributed by atoms with Gasteiger partial charge in [0.05, 0.1) is 0 Å². The molecule has 2 aromatic carbocycles. The van der Waals surface area contributed by atoms with Crippen LogP contribution in [0, 0.1) is 5.92 Å². The van der Waals surface area contributed by atoms with Crippen LogP contribution in [0.1, 0.15) is 39.2 Å². The van der Waals surface area contributed by atoms with Crippen molar-refractivity contribution in [3.05, 3.63) is 65.2 Å². The fourth-order valence-electron chi connectivity index (χ4n) is 3.93. The van der Waals surface area contributed by atoms with Gasteiger partial charge in [-0.2, -0.15) is 0 Å². The number of halogens is 1. The minimum Gasteiger partial charge on any atom is -0.444 e. The summed E-state index contributed by atoms with van der Waals surface area (Å²) in [6.45, 7) is 7.20. The molecule has 8 nitrogen and oxygen atoms in total. The van der Waals surface area contributed by atoms with E-state index in [1.807, 2.05) is 51.1 Å². The first-order chi connectivity index (χ1) is 17.1. The maximum Gasteiger partial charge on any atom is 0.410 e. The van der Waals surface area contributed by atoms with Crippen molar-refractivity contribution in [1.82, 2.24) is 15.5 Å².